The van der Waals surface area contributed by atoms with E-state index >= 15 is 0 Å². The molecule has 0 N–H and O–H groups in total. The van der Waals surface area contributed by atoms with Gasteiger partial charge in [0.05, 0.1) is 11.4 Å². The monoisotopic (exact) mass is 510 g/mol. The fraction of sp³-hybridized carbons (Fsp3) is 0.333. The number of aryl methyl sites for hydroxylation is 1. The van der Waals surface area contributed by atoms with E-state index in [0.29, 0.717) is 26.2 Å². The van der Waals surface area contributed by atoms with Crippen LogP contribution < -0.4 is 4.90 Å². The lowest BCUT2D eigenvalue weighted by molar-refractivity contribution is 0.0240. The van der Waals surface area contributed by atoms with Crippen molar-refractivity contribution in [3.05, 3.63) is 89.7 Å². The van der Waals surface area contributed by atoms with Gasteiger partial charge in [-0.3, -0.25) is 0 Å². The van der Waals surface area contributed by atoms with Crippen molar-refractivity contribution >= 4 is 29.0 Å². The standard InChI is InChI=1S/C30H34N6O2/c1-5-24-27(32-26(22-12-8-6-9-13-22)23-14-10-7-11-15-23)28-31-25(16-17-36(28)33-24)34-18-20-35(21-19-34)29(37)38-30(2,3)4/h6-17H,5,18-21H2,1-4H3. The number of fused-ring (bicyclic) bond motifs is 1. The Morgan fingerprint density at radius 3 is 2.08 bits per heavy atom. The highest BCUT2D eigenvalue weighted by molar-refractivity contribution is 6.14. The Bertz CT molecular complexity index is 1390. The van der Waals surface area contributed by atoms with Crippen LogP contribution >= 0.6 is 0 Å². The van der Waals surface area contributed by atoms with Crippen molar-refractivity contribution in [2.45, 2.75) is 39.7 Å². The smallest absolute Gasteiger partial charge is 0.410 e. The largest absolute Gasteiger partial charge is 0.444 e. The first-order valence-corrected chi connectivity index (χ1v) is 13.1. The second kappa shape index (κ2) is 10.7. The minimum atomic E-state index is -0.505. The maximum atomic E-state index is 12.5. The van der Waals surface area contributed by atoms with Gasteiger partial charge in [0.2, 0.25) is 0 Å². The zero-order valence-electron chi connectivity index (χ0n) is 22.5. The van der Waals surface area contributed by atoms with E-state index < -0.39 is 5.60 Å². The fourth-order valence-electron chi connectivity index (χ4n) is 4.53. The Morgan fingerprint density at radius 2 is 1.53 bits per heavy atom. The third-order valence-electron chi connectivity index (χ3n) is 6.42. The van der Waals surface area contributed by atoms with Crippen molar-refractivity contribution in [1.29, 1.82) is 0 Å². The molecule has 38 heavy (non-hydrogen) atoms. The molecule has 0 aliphatic carbocycles. The number of piperazine rings is 1. The number of amides is 1. The van der Waals surface area contributed by atoms with Gasteiger partial charge in [0.1, 0.15) is 17.1 Å². The van der Waals surface area contributed by atoms with E-state index in [4.69, 9.17) is 19.8 Å². The molecule has 2 aromatic carbocycles. The van der Waals surface area contributed by atoms with Crippen molar-refractivity contribution in [3.8, 4) is 0 Å². The summed E-state index contributed by atoms with van der Waals surface area (Å²) in [4.78, 5) is 26.7. The number of rotatable bonds is 5. The van der Waals surface area contributed by atoms with Gasteiger partial charge in [0, 0.05) is 43.5 Å². The van der Waals surface area contributed by atoms with Crippen molar-refractivity contribution in [1.82, 2.24) is 19.5 Å². The van der Waals surface area contributed by atoms with Crippen LogP contribution in [0.4, 0.5) is 16.3 Å². The molecule has 0 spiro atoms. The number of ether oxygens (including phenoxy) is 1. The molecule has 1 amide bonds. The topological polar surface area (TPSA) is 75.3 Å². The van der Waals surface area contributed by atoms with Crippen molar-refractivity contribution in [2.24, 2.45) is 4.99 Å². The van der Waals surface area contributed by atoms with E-state index in [9.17, 15) is 4.79 Å². The van der Waals surface area contributed by atoms with E-state index in [1.807, 2.05) is 73.9 Å². The van der Waals surface area contributed by atoms with Gasteiger partial charge in [-0.1, -0.05) is 67.6 Å². The summed E-state index contributed by atoms with van der Waals surface area (Å²) in [5.74, 6) is 0.848. The number of aliphatic imine (C=N–C) groups is 1. The number of nitrogens with zero attached hydrogens (tertiary/aromatic N) is 6. The number of hydrogen-bond donors (Lipinski definition) is 0. The van der Waals surface area contributed by atoms with Gasteiger partial charge < -0.3 is 14.5 Å². The van der Waals surface area contributed by atoms with Crippen molar-refractivity contribution in [3.63, 3.8) is 0 Å². The quantitative estimate of drug-likeness (QED) is 0.331. The molecule has 0 radical (unpaired) electrons. The second-order valence-corrected chi connectivity index (χ2v) is 10.3. The van der Waals surface area contributed by atoms with Crippen LogP contribution in [0.1, 0.15) is 44.5 Å². The van der Waals surface area contributed by atoms with Crippen LogP contribution in [0.25, 0.3) is 5.65 Å². The third kappa shape index (κ3) is 5.54. The molecule has 8 heteroatoms. The van der Waals surface area contributed by atoms with Crippen molar-refractivity contribution in [2.75, 3.05) is 31.1 Å². The number of carbonyl (C=O) groups excluding carboxylic acids is 1. The van der Waals surface area contributed by atoms with Gasteiger partial charge in [0.25, 0.3) is 0 Å². The number of anilines is 1. The van der Waals surface area contributed by atoms with Gasteiger partial charge in [-0.2, -0.15) is 5.10 Å². The second-order valence-electron chi connectivity index (χ2n) is 10.3. The molecule has 196 valence electrons. The third-order valence-corrected chi connectivity index (χ3v) is 6.42. The van der Waals surface area contributed by atoms with Gasteiger partial charge in [0.15, 0.2) is 5.65 Å². The molecule has 5 rings (SSSR count). The molecule has 0 atom stereocenters. The van der Waals surface area contributed by atoms with Crippen LogP contribution in [0, 0.1) is 0 Å². The Balaban J connectivity index is 1.48. The minimum Gasteiger partial charge on any atom is -0.444 e. The van der Waals surface area contributed by atoms with Crippen LogP contribution in [0.5, 0.6) is 0 Å². The molecule has 4 aromatic rings. The zero-order chi connectivity index (χ0) is 26.7. The first-order chi connectivity index (χ1) is 18.3. The average Bonchev–Trinajstić information content (AvgIpc) is 3.28. The lowest BCUT2D eigenvalue weighted by atomic mass is 10.0. The van der Waals surface area contributed by atoms with E-state index in [0.717, 1.165) is 46.1 Å². The van der Waals surface area contributed by atoms with E-state index in [2.05, 4.69) is 36.1 Å². The summed E-state index contributed by atoms with van der Waals surface area (Å²) < 4.78 is 7.35. The Labute approximate surface area is 223 Å². The normalized spacial score (nSPS) is 14.0. The van der Waals surface area contributed by atoms with Gasteiger partial charge in [-0.25, -0.2) is 19.3 Å². The molecule has 0 bridgehead atoms. The minimum absolute atomic E-state index is 0.269. The molecule has 1 saturated heterocycles. The first kappa shape index (κ1) is 25.4. The average molecular weight is 511 g/mol. The maximum Gasteiger partial charge on any atom is 0.410 e. The van der Waals surface area contributed by atoms with Gasteiger partial charge >= 0.3 is 6.09 Å². The van der Waals surface area contributed by atoms with Crippen LogP contribution in [-0.2, 0) is 11.2 Å². The Kier molecular flexibility index (Phi) is 7.13. The molecule has 8 nitrogen and oxygen atoms in total. The van der Waals surface area contributed by atoms with E-state index in [1.54, 1.807) is 4.90 Å². The molecule has 0 saturated carbocycles. The highest BCUT2D eigenvalue weighted by atomic mass is 16.6. The molecule has 0 unspecified atom stereocenters. The van der Waals surface area contributed by atoms with Gasteiger partial charge in [-0.15, -0.1) is 0 Å². The molecule has 1 aliphatic rings. The summed E-state index contributed by atoms with van der Waals surface area (Å²) in [6.07, 6.45) is 2.42. The number of hydrogen-bond acceptors (Lipinski definition) is 6. The predicted molar refractivity (Wildman–Crippen MR) is 151 cm³/mol. The Hall–Kier alpha value is -4.20. The lowest BCUT2D eigenvalue weighted by Crippen LogP contribution is -2.50. The number of benzene rings is 2. The van der Waals surface area contributed by atoms with Crippen LogP contribution in [0.3, 0.4) is 0 Å². The number of aromatic nitrogens is 3. The molecular formula is C30H34N6O2. The van der Waals surface area contributed by atoms with Crippen LogP contribution in [-0.4, -0.2) is 63.1 Å². The zero-order valence-corrected chi connectivity index (χ0v) is 22.5. The SMILES string of the molecule is CCc1nn2ccc(N3CCN(C(=O)OC(C)(C)C)CC3)nc2c1N=C(c1ccccc1)c1ccccc1. The lowest BCUT2D eigenvalue weighted by Gasteiger charge is -2.36. The summed E-state index contributed by atoms with van der Waals surface area (Å²) in [5, 5.41) is 4.79. The van der Waals surface area contributed by atoms with E-state index in [-0.39, 0.29) is 6.09 Å². The van der Waals surface area contributed by atoms with E-state index in [1.165, 1.54) is 0 Å². The molecular weight excluding hydrogens is 476 g/mol. The molecule has 1 fully saturated rings. The first-order valence-electron chi connectivity index (χ1n) is 13.1. The predicted octanol–water partition coefficient (Wildman–Crippen LogP) is 5.52. The highest BCUT2D eigenvalue weighted by Gasteiger charge is 2.27. The van der Waals surface area contributed by atoms with Crippen molar-refractivity contribution < 1.29 is 9.53 Å². The summed E-state index contributed by atoms with van der Waals surface area (Å²) >= 11 is 0. The molecule has 1 aliphatic heterocycles. The van der Waals surface area contributed by atoms with Crippen LogP contribution in [0.2, 0.25) is 0 Å². The van der Waals surface area contributed by atoms with Crippen LogP contribution in [0.15, 0.2) is 77.9 Å². The maximum absolute atomic E-state index is 12.5. The molecule has 2 aromatic heterocycles. The summed E-state index contributed by atoms with van der Waals surface area (Å²) in [7, 11) is 0. The summed E-state index contributed by atoms with van der Waals surface area (Å²) in [6, 6.07) is 22.4. The summed E-state index contributed by atoms with van der Waals surface area (Å²) in [5.41, 5.74) is 4.85. The van der Waals surface area contributed by atoms with Gasteiger partial charge in [-0.05, 0) is 33.3 Å². The Morgan fingerprint density at radius 1 is 0.921 bits per heavy atom. The number of carbonyl (C=O) groups is 1. The fourth-order valence-corrected chi connectivity index (χ4v) is 4.53. The highest BCUT2D eigenvalue weighted by Crippen LogP contribution is 2.29. The summed E-state index contributed by atoms with van der Waals surface area (Å²) in [6.45, 7) is 10.3. The molecule has 3 heterocycles.